The third kappa shape index (κ3) is 3.74. The summed E-state index contributed by atoms with van der Waals surface area (Å²) in [5.74, 6) is 0.355. The number of benzene rings is 2. The van der Waals surface area contributed by atoms with Gasteiger partial charge >= 0.3 is 0 Å². The van der Waals surface area contributed by atoms with Crippen molar-refractivity contribution in [3.63, 3.8) is 0 Å². The fourth-order valence-electron chi connectivity index (χ4n) is 2.80. The molecule has 0 bridgehead atoms. The average molecular weight is 451 g/mol. The van der Waals surface area contributed by atoms with Crippen molar-refractivity contribution in [1.29, 1.82) is 0 Å². The van der Waals surface area contributed by atoms with Crippen molar-refractivity contribution < 1.29 is 8.42 Å². The summed E-state index contributed by atoms with van der Waals surface area (Å²) in [5.41, 5.74) is 0.555. The topological polar surface area (TPSA) is 113 Å². The van der Waals surface area contributed by atoms with E-state index in [-0.39, 0.29) is 27.4 Å². The van der Waals surface area contributed by atoms with Gasteiger partial charge < -0.3 is 0 Å². The number of aromatic nitrogens is 6. The molecule has 29 heavy (non-hydrogen) atoms. The molecule has 0 atom stereocenters. The first-order chi connectivity index (χ1) is 13.7. The number of fused-ring (bicyclic) bond motifs is 1. The van der Waals surface area contributed by atoms with Crippen LogP contribution in [0.15, 0.2) is 52.4 Å². The lowest BCUT2D eigenvalue weighted by Gasteiger charge is -2.09. The highest BCUT2D eigenvalue weighted by Crippen LogP contribution is 2.24. The van der Waals surface area contributed by atoms with Crippen LogP contribution in [0.4, 0.5) is 0 Å². The van der Waals surface area contributed by atoms with Crippen LogP contribution < -0.4 is 5.56 Å². The Balaban J connectivity index is 1.73. The molecule has 148 valence electrons. The van der Waals surface area contributed by atoms with Crippen LogP contribution in [0.3, 0.4) is 0 Å². The second-order valence-corrected chi connectivity index (χ2v) is 9.09. The lowest BCUT2D eigenvalue weighted by atomic mass is 10.2. The largest absolute Gasteiger partial charge is 0.291 e. The van der Waals surface area contributed by atoms with Gasteiger partial charge in [0.05, 0.1) is 39.4 Å². The van der Waals surface area contributed by atoms with Gasteiger partial charge in [-0.25, -0.2) is 13.4 Å². The second kappa shape index (κ2) is 7.21. The number of halogens is 2. The Morgan fingerprint density at radius 2 is 1.83 bits per heavy atom. The molecule has 4 aromatic rings. The molecule has 0 fully saturated rings. The molecule has 12 heteroatoms. The zero-order valence-corrected chi connectivity index (χ0v) is 17.1. The van der Waals surface area contributed by atoms with Crippen molar-refractivity contribution in [2.45, 2.75) is 11.4 Å². The van der Waals surface area contributed by atoms with Gasteiger partial charge in [0.1, 0.15) is 0 Å². The van der Waals surface area contributed by atoms with E-state index in [0.29, 0.717) is 22.1 Å². The first-order valence-electron chi connectivity index (χ1n) is 8.16. The summed E-state index contributed by atoms with van der Waals surface area (Å²) in [5, 5.41) is 12.4. The number of rotatable bonds is 4. The fourth-order valence-corrected chi connectivity index (χ4v) is 3.97. The Kier molecular flexibility index (Phi) is 4.85. The van der Waals surface area contributed by atoms with Gasteiger partial charge in [-0.1, -0.05) is 23.2 Å². The van der Waals surface area contributed by atoms with Crippen LogP contribution in [-0.2, 0) is 16.4 Å². The maximum absolute atomic E-state index is 12.8. The van der Waals surface area contributed by atoms with Gasteiger partial charge in [0.25, 0.3) is 5.56 Å². The quantitative estimate of drug-likeness (QED) is 0.467. The molecule has 2 heterocycles. The number of nitrogens with zero attached hydrogens (tertiary/aromatic N) is 6. The Morgan fingerprint density at radius 3 is 2.52 bits per heavy atom. The molecule has 0 N–H and O–H groups in total. The summed E-state index contributed by atoms with van der Waals surface area (Å²) in [6.45, 7) is 0.0345. The van der Waals surface area contributed by atoms with Crippen LogP contribution in [0.2, 0.25) is 10.0 Å². The number of hydrogen-bond acceptors (Lipinski definition) is 7. The normalized spacial score (nSPS) is 11.8. The summed E-state index contributed by atoms with van der Waals surface area (Å²) < 4.78 is 26.0. The predicted octanol–water partition coefficient (Wildman–Crippen LogP) is 2.13. The van der Waals surface area contributed by atoms with Crippen LogP contribution in [-0.4, -0.2) is 44.4 Å². The molecular formula is C17H12Cl2N6O3S. The molecule has 9 nitrogen and oxygen atoms in total. The number of hydrogen-bond donors (Lipinski definition) is 0. The summed E-state index contributed by atoms with van der Waals surface area (Å²) >= 11 is 12.1. The molecule has 4 rings (SSSR count). The van der Waals surface area contributed by atoms with Gasteiger partial charge in [0, 0.05) is 11.3 Å². The average Bonchev–Trinajstić information content (AvgIpc) is 3.12. The molecule has 0 spiro atoms. The minimum Gasteiger partial charge on any atom is -0.291 e. The zero-order valence-electron chi connectivity index (χ0n) is 14.8. The van der Waals surface area contributed by atoms with E-state index < -0.39 is 9.84 Å². The van der Waals surface area contributed by atoms with E-state index in [4.69, 9.17) is 23.2 Å². The van der Waals surface area contributed by atoms with E-state index in [2.05, 4.69) is 20.5 Å². The monoisotopic (exact) mass is 450 g/mol. The third-order valence-corrected chi connectivity index (χ3v) is 5.84. The zero-order chi connectivity index (χ0) is 20.8. The molecule has 0 radical (unpaired) electrons. The smallest absolute Gasteiger partial charge is 0.261 e. The Bertz CT molecular complexity index is 1400. The van der Waals surface area contributed by atoms with Crippen molar-refractivity contribution in [3.05, 3.63) is 68.9 Å². The molecule has 0 aliphatic carbocycles. The van der Waals surface area contributed by atoms with Crippen LogP contribution in [0.1, 0.15) is 5.82 Å². The Morgan fingerprint density at radius 1 is 1.10 bits per heavy atom. The lowest BCUT2D eigenvalue weighted by Crippen LogP contribution is -2.23. The SMILES string of the molecule is CS(=O)(=O)c1ccc(-n2nnnc2Cn2cnc3c(Cl)cc(Cl)cc3c2=O)cc1. The molecule has 0 unspecified atom stereocenters. The molecule has 0 amide bonds. The molecule has 0 aliphatic heterocycles. The molecule has 0 saturated heterocycles. The molecule has 2 aromatic heterocycles. The first-order valence-corrected chi connectivity index (χ1v) is 10.8. The van der Waals surface area contributed by atoms with Gasteiger partial charge in [-0.3, -0.25) is 9.36 Å². The van der Waals surface area contributed by atoms with E-state index in [9.17, 15) is 13.2 Å². The summed E-state index contributed by atoms with van der Waals surface area (Å²) in [6.07, 6.45) is 2.48. The van der Waals surface area contributed by atoms with Crippen molar-refractivity contribution in [2.24, 2.45) is 0 Å². The summed E-state index contributed by atoms with van der Waals surface area (Å²) in [6, 6.07) is 9.10. The van der Waals surface area contributed by atoms with Gasteiger partial charge in [-0.05, 0) is 46.8 Å². The van der Waals surface area contributed by atoms with Crippen LogP contribution in [0.25, 0.3) is 16.6 Å². The molecule has 0 saturated carbocycles. The van der Waals surface area contributed by atoms with Crippen molar-refractivity contribution in [3.8, 4) is 5.69 Å². The van der Waals surface area contributed by atoms with E-state index in [1.54, 1.807) is 12.1 Å². The lowest BCUT2D eigenvalue weighted by molar-refractivity contribution is 0.602. The predicted molar refractivity (Wildman–Crippen MR) is 107 cm³/mol. The molecule has 2 aromatic carbocycles. The minimum atomic E-state index is -3.32. The van der Waals surface area contributed by atoms with E-state index >= 15 is 0 Å². The van der Waals surface area contributed by atoms with Crippen molar-refractivity contribution >= 4 is 43.9 Å². The molecular weight excluding hydrogens is 439 g/mol. The van der Waals surface area contributed by atoms with Gasteiger partial charge in [-0.2, -0.15) is 4.68 Å². The summed E-state index contributed by atoms with van der Waals surface area (Å²) in [7, 11) is -3.32. The molecule has 0 aliphatic rings. The van der Waals surface area contributed by atoms with Gasteiger partial charge in [-0.15, -0.1) is 5.10 Å². The fraction of sp³-hybridized carbons (Fsp3) is 0.118. The van der Waals surface area contributed by atoms with E-state index in [1.807, 2.05) is 0 Å². The number of tetrazole rings is 1. The van der Waals surface area contributed by atoms with Crippen molar-refractivity contribution in [2.75, 3.05) is 6.26 Å². The van der Waals surface area contributed by atoms with Gasteiger partial charge in [0.2, 0.25) is 0 Å². The van der Waals surface area contributed by atoms with Crippen molar-refractivity contribution in [1.82, 2.24) is 29.8 Å². The highest BCUT2D eigenvalue weighted by molar-refractivity contribution is 7.90. The number of sulfone groups is 1. The second-order valence-electron chi connectivity index (χ2n) is 6.23. The maximum Gasteiger partial charge on any atom is 0.261 e. The van der Waals surface area contributed by atoms with Gasteiger partial charge in [0.15, 0.2) is 15.7 Å². The Hall–Kier alpha value is -2.82. The highest BCUT2D eigenvalue weighted by Gasteiger charge is 2.14. The third-order valence-electron chi connectivity index (χ3n) is 4.20. The Labute approximate surface area is 174 Å². The standard InChI is InChI=1S/C17H12Cl2N6O3S/c1-29(27,28)12-4-2-11(3-5-12)25-15(21-22-23-25)8-24-9-20-16-13(17(24)26)6-10(18)7-14(16)19/h2-7,9H,8H2,1H3. The van der Waals surface area contributed by atoms with Crippen LogP contribution in [0.5, 0.6) is 0 Å². The van der Waals surface area contributed by atoms with E-state index in [1.165, 1.54) is 39.8 Å². The minimum absolute atomic E-state index is 0.0345. The maximum atomic E-state index is 12.8. The van der Waals surface area contributed by atoms with Crippen LogP contribution in [0, 0.1) is 0 Å². The first kappa shape index (κ1) is 19.5. The highest BCUT2D eigenvalue weighted by atomic mass is 35.5. The summed E-state index contributed by atoms with van der Waals surface area (Å²) in [4.78, 5) is 17.2. The van der Waals surface area contributed by atoms with E-state index in [0.717, 1.165) is 6.26 Å². The van der Waals surface area contributed by atoms with Crippen LogP contribution >= 0.6 is 23.2 Å².